The van der Waals surface area contributed by atoms with Crippen LogP contribution in [0.5, 0.6) is 0 Å². The zero-order valence-electron chi connectivity index (χ0n) is 21.0. The lowest BCUT2D eigenvalue weighted by atomic mass is 10.1. The number of aryl methyl sites for hydroxylation is 1. The molecule has 3 rings (SSSR count). The fraction of sp³-hybridized carbons (Fsp3) is 0.440. The Kier molecular flexibility index (Phi) is 10.0. The third-order valence-electron chi connectivity index (χ3n) is 5.32. The topological polar surface area (TPSA) is 95.8 Å². The lowest BCUT2D eigenvalue weighted by Gasteiger charge is -2.30. The summed E-state index contributed by atoms with van der Waals surface area (Å²) in [5.41, 5.74) is 6.53. The summed E-state index contributed by atoms with van der Waals surface area (Å²) < 4.78 is 10.5. The van der Waals surface area contributed by atoms with E-state index in [4.69, 9.17) is 14.5 Å². The number of morpholine rings is 1. The van der Waals surface area contributed by atoms with E-state index < -0.39 is 5.97 Å². The lowest BCUT2D eigenvalue weighted by Crippen LogP contribution is -2.41. The van der Waals surface area contributed by atoms with Gasteiger partial charge in [0.1, 0.15) is 0 Å². The quantitative estimate of drug-likeness (QED) is 0.521. The number of carbonyl (C=O) groups is 2. The molecule has 1 aromatic carbocycles. The minimum Gasteiger partial charge on any atom is -0.463 e. The second-order valence-corrected chi connectivity index (χ2v) is 7.47. The highest BCUT2D eigenvalue weighted by Crippen LogP contribution is 2.25. The van der Waals surface area contributed by atoms with Crippen molar-refractivity contribution in [2.45, 2.75) is 41.5 Å². The number of guanidine groups is 1. The second kappa shape index (κ2) is 12.7. The van der Waals surface area contributed by atoms with E-state index in [1.807, 2.05) is 26.8 Å². The molecule has 0 bridgehead atoms. The molecule has 0 radical (unpaired) electrons. The summed E-state index contributed by atoms with van der Waals surface area (Å²) in [6, 6.07) is 5.43. The normalized spacial score (nSPS) is 17.5. The number of nitrogens with one attached hydrogen (secondary N) is 1. The maximum absolute atomic E-state index is 12.9. The van der Waals surface area contributed by atoms with Crippen molar-refractivity contribution in [1.82, 2.24) is 15.2 Å². The standard InChI is InChI=1S/C23H29N5O4.C2H6/c1-6-32-22(30)17(4)18(5)28-16(3)14-24-26-23(28)25-20-13-19(8-7-15(20)2)21(29)27-9-11-31-12-10-27;1-2/h7-8,13-14H,3,6,9-12H2,1-2,4-5H3,(H,25,26);1-2H3/b18-17+;. The van der Waals surface area contributed by atoms with Crippen molar-refractivity contribution >= 4 is 29.7 Å². The van der Waals surface area contributed by atoms with Gasteiger partial charge in [0.25, 0.3) is 5.91 Å². The summed E-state index contributed by atoms with van der Waals surface area (Å²) in [6.45, 7) is 17.7. The summed E-state index contributed by atoms with van der Waals surface area (Å²) >= 11 is 0. The van der Waals surface area contributed by atoms with E-state index in [-0.39, 0.29) is 12.5 Å². The molecule has 184 valence electrons. The Bertz CT molecular complexity index is 1010. The molecule has 2 aliphatic heterocycles. The SMILES string of the molecule is C=C1C=NNC(=Nc2cc(C(=O)N3CCOCC3)ccc2C)N1/C(C)=C(\C)C(=O)OCC.CC. The molecule has 0 aromatic heterocycles. The van der Waals surface area contributed by atoms with Crippen molar-refractivity contribution in [2.24, 2.45) is 10.1 Å². The first-order valence-electron chi connectivity index (χ1n) is 11.5. The van der Waals surface area contributed by atoms with Gasteiger partial charge in [0, 0.05) is 24.4 Å². The van der Waals surface area contributed by atoms with Crippen molar-refractivity contribution in [3.05, 3.63) is 52.9 Å². The van der Waals surface area contributed by atoms with Crippen LogP contribution < -0.4 is 5.43 Å². The minimum atomic E-state index is -0.408. The second-order valence-electron chi connectivity index (χ2n) is 7.47. The third-order valence-corrected chi connectivity index (χ3v) is 5.32. The Morgan fingerprint density at radius 3 is 2.56 bits per heavy atom. The highest BCUT2D eigenvalue weighted by atomic mass is 16.5. The average Bonchev–Trinajstić information content (AvgIpc) is 2.86. The maximum Gasteiger partial charge on any atom is 0.335 e. The number of hydrogen-bond donors (Lipinski definition) is 1. The van der Waals surface area contributed by atoms with Crippen LogP contribution in [0.4, 0.5) is 5.69 Å². The molecular weight excluding hydrogens is 434 g/mol. The maximum atomic E-state index is 12.9. The molecule has 1 N–H and O–H groups in total. The summed E-state index contributed by atoms with van der Waals surface area (Å²) in [6.07, 6.45) is 1.55. The van der Waals surface area contributed by atoms with E-state index in [1.165, 1.54) is 0 Å². The number of aliphatic imine (C=N–C) groups is 1. The first kappa shape index (κ1) is 26.8. The van der Waals surface area contributed by atoms with Crippen LogP contribution in [0.3, 0.4) is 0 Å². The van der Waals surface area contributed by atoms with Crippen LogP contribution in [-0.2, 0) is 14.3 Å². The number of rotatable bonds is 5. The smallest absolute Gasteiger partial charge is 0.335 e. The molecule has 1 amide bonds. The first-order valence-corrected chi connectivity index (χ1v) is 11.5. The van der Waals surface area contributed by atoms with E-state index in [0.29, 0.717) is 60.5 Å². The van der Waals surface area contributed by atoms with Crippen LogP contribution >= 0.6 is 0 Å². The summed E-state index contributed by atoms with van der Waals surface area (Å²) in [7, 11) is 0. The molecule has 0 atom stereocenters. The molecule has 9 nitrogen and oxygen atoms in total. The number of hydrogen-bond acceptors (Lipinski definition) is 6. The Labute approximate surface area is 201 Å². The predicted molar refractivity (Wildman–Crippen MR) is 134 cm³/mol. The van der Waals surface area contributed by atoms with Crippen LogP contribution in [0, 0.1) is 6.92 Å². The lowest BCUT2D eigenvalue weighted by molar-refractivity contribution is -0.138. The van der Waals surface area contributed by atoms with Gasteiger partial charge in [0.15, 0.2) is 0 Å². The van der Waals surface area contributed by atoms with Crippen molar-refractivity contribution in [1.29, 1.82) is 0 Å². The van der Waals surface area contributed by atoms with Gasteiger partial charge in [-0.25, -0.2) is 15.2 Å². The minimum absolute atomic E-state index is 0.0557. The average molecular weight is 470 g/mol. The van der Waals surface area contributed by atoms with Gasteiger partial charge in [-0.15, -0.1) is 0 Å². The molecule has 1 aromatic rings. The number of amides is 1. The Balaban J connectivity index is 0.00000199. The molecule has 1 saturated heterocycles. The van der Waals surface area contributed by atoms with Crippen LogP contribution in [0.2, 0.25) is 0 Å². The highest BCUT2D eigenvalue weighted by Gasteiger charge is 2.24. The van der Waals surface area contributed by atoms with E-state index in [0.717, 1.165) is 5.56 Å². The van der Waals surface area contributed by atoms with Gasteiger partial charge in [0.2, 0.25) is 5.96 Å². The molecule has 9 heteroatoms. The summed E-state index contributed by atoms with van der Waals surface area (Å²) in [4.78, 5) is 33.3. The molecule has 2 aliphatic rings. The van der Waals surface area contributed by atoms with E-state index in [9.17, 15) is 9.59 Å². The van der Waals surface area contributed by atoms with Gasteiger partial charge >= 0.3 is 5.97 Å². The number of carbonyl (C=O) groups excluding carboxylic acids is 2. The number of nitrogens with zero attached hydrogens (tertiary/aromatic N) is 4. The van der Waals surface area contributed by atoms with E-state index in [2.05, 4.69) is 17.1 Å². The molecule has 1 fully saturated rings. The Hall–Kier alpha value is -3.46. The summed E-state index contributed by atoms with van der Waals surface area (Å²) in [5, 5.41) is 4.09. The van der Waals surface area contributed by atoms with Crippen molar-refractivity contribution in [2.75, 3.05) is 32.9 Å². The van der Waals surface area contributed by atoms with Gasteiger partial charge < -0.3 is 14.4 Å². The summed E-state index contributed by atoms with van der Waals surface area (Å²) in [5.74, 6) is -0.0912. The van der Waals surface area contributed by atoms with Crippen molar-refractivity contribution in [3.8, 4) is 0 Å². The molecule has 0 spiro atoms. The van der Waals surface area contributed by atoms with E-state index >= 15 is 0 Å². The fourth-order valence-electron chi connectivity index (χ4n) is 3.34. The molecule has 2 heterocycles. The van der Waals surface area contributed by atoms with Crippen LogP contribution in [0.25, 0.3) is 0 Å². The predicted octanol–water partition coefficient (Wildman–Crippen LogP) is 3.74. The zero-order valence-corrected chi connectivity index (χ0v) is 21.0. The van der Waals surface area contributed by atoms with Gasteiger partial charge in [-0.2, -0.15) is 5.10 Å². The number of ether oxygens (including phenoxy) is 2. The number of esters is 1. The van der Waals surface area contributed by atoms with Crippen LogP contribution in [0.15, 0.2) is 51.8 Å². The van der Waals surface area contributed by atoms with Crippen LogP contribution in [-0.4, -0.2) is 66.8 Å². The van der Waals surface area contributed by atoms with Crippen molar-refractivity contribution < 1.29 is 19.1 Å². The zero-order chi connectivity index (χ0) is 25.3. The van der Waals surface area contributed by atoms with Gasteiger partial charge in [-0.1, -0.05) is 26.5 Å². The molecule has 0 saturated carbocycles. The molecule has 34 heavy (non-hydrogen) atoms. The highest BCUT2D eigenvalue weighted by molar-refractivity contribution is 5.99. The Morgan fingerprint density at radius 1 is 1.24 bits per heavy atom. The monoisotopic (exact) mass is 469 g/mol. The van der Waals surface area contributed by atoms with Crippen molar-refractivity contribution in [3.63, 3.8) is 0 Å². The first-order chi connectivity index (χ1) is 16.3. The van der Waals surface area contributed by atoms with E-state index in [1.54, 1.807) is 48.9 Å². The Morgan fingerprint density at radius 2 is 1.91 bits per heavy atom. The largest absolute Gasteiger partial charge is 0.463 e. The van der Waals surface area contributed by atoms with Gasteiger partial charge in [0.05, 0.1) is 43.0 Å². The fourth-order valence-corrected chi connectivity index (χ4v) is 3.34. The molecule has 0 aliphatic carbocycles. The number of hydrazone groups is 1. The van der Waals surface area contributed by atoms with Gasteiger partial charge in [-0.05, 0) is 45.4 Å². The molecule has 0 unspecified atom stereocenters. The van der Waals surface area contributed by atoms with Gasteiger partial charge in [-0.3, -0.25) is 9.69 Å². The number of benzene rings is 1. The third kappa shape index (κ3) is 6.32. The number of allylic oxidation sites excluding steroid dienone is 2. The molecular formula is C25H35N5O4. The van der Waals surface area contributed by atoms with Crippen LogP contribution in [0.1, 0.15) is 50.5 Å².